The zero-order valence-electron chi connectivity index (χ0n) is 20.7. The maximum Gasteiger partial charge on any atom is 0.262 e. The molecule has 6 rings (SSSR count). The molecule has 0 radical (unpaired) electrons. The van der Waals surface area contributed by atoms with E-state index in [2.05, 4.69) is 10.3 Å². The molecule has 2 atom stereocenters. The number of hydrogen-bond donors (Lipinski definition) is 1. The van der Waals surface area contributed by atoms with Crippen LogP contribution in [0, 0.1) is 0 Å². The minimum Gasteiger partial charge on any atom is -0.337 e. The Labute approximate surface area is 228 Å². The maximum atomic E-state index is 14.1. The molecule has 9 nitrogen and oxygen atoms in total. The van der Waals surface area contributed by atoms with Crippen LogP contribution in [0.2, 0.25) is 0 Å². The van der Waals surface area contributed by atoms with E-state index in [1.54, 1.807) is 34.4 Å². The number of aromatic nitrogens is 1. The van der Waals surface area contributed by atoms with Crippen LogP contribution in [0.15, 0.2) is 41.9 Å². The van der Waals surface area contributed by atoms with Crippen molar-refractivity contribution in [2.24, 2.45) is 0 Å². The lowest BCUT2D eigenvalue weighted by Crippen LogP contribution is -2.62. The van der Waals surface area contributed by atoms with Crippen molar-refractivity contribution in [3.05, 3.63) is 52.5 Å². The van der Waals surface area contributed by atoms with Crippen molar-refractivity contribution < 1.29 is 22.8 Å². The number of hydrogen-bond acceptors (Lipinski definition) is 8. The van der Waals surface area contributed by atoms with E-state index >= 15 is 0 Å². The number of nitrogens with one attached hydrogen (secondary N) is 1. The van der Waals surface area contributed by atoms with Gasteiger partial charge in [-0.05, 0) is 48.9 Å². The topological polar surface area (TPSA) is 117 Å². The van der Waals surface area contributed by atoms with Gasteiger partial charge < -0.3 is 10.2 Å². The lowest BCUT2D eigenvalue weighted by atomic mass is 9.80. The van der Waals surface area contributed by atoms with Crippen molar-refractivity contribution in [3.8, 4) is 0 Å². The first-order valence-corrected chi connectivity index (χ1v) is 16.1. The number of likely N-dealkylation sites (tertiary alicyclic amines) is 1. The van der Waals surface area contributed by atoms with Gasteiger partial charge in [0, 0.05) is 22.1 Å². The number of amides is 2. The van der Waals surface area contributed by atoms with Crippen LogP contribution in [0.1, 0.15) is 53.9 Å². The Morgan fingerprint density at radius 2 is 1.95 bits per heavy atom. The fourth-order valence-corrected chi connectivity index (χ4v) is 9.77. The monoisotopic (exact) mass is 572 g/mol. The Hall–Kier alpha value is -2.67. The second-order valence-electron chi connectivity index (χ2n) is 10.2. The summed E-state index contributed by atoms with van der Waals surface area (Å²) in [5, 5.41) is 5.06. The predicted molar refractivity (Wildman–Crippen MR) is 145 cm³/mol. The molecule has 0 aromatic carbocycles. The second-order valence-corrected chi connectivity index (χ2v) is 14.2. The van der Waals surface area contributed by atoms with Crippen LogP contribution in [0.3, 0.4) is 0 Å². The number of carbonyl (C=O) groups is 3. The van der Waals surface area contributed by atoms with E-state index in [4.69, 9.17) is 0 Å². The molecule has 2 saturated heterocycles. The molecule has 2 unspecified atom stereocenters. The average molecular weight is 573 g/mol. The molecule has 2 amide bonds. The Morgan fingerprint density at radius 1 is 1.13 bits per heavy atom. The first-order valence-electron chi connectivity index (χ1n) is 12.8. The minimum atomic E-state index is -3.81. The van der Waals surface area contributed by atoms with E-state index in [-0.39, 0.29) is 36.4 Å². The van der Waals surface area contributed by atoms with Crippen LogP contribution < -0.4 is 5.32 Å². The minimum absolute atomic E-state index is 0.250. The number of thiophene rings is 2. The van der Waals surface area contributed by atoms with Gasteiger partial charge in [-0.3, -0.25) is 19.4 Å². The summed E-state index contributed by atoms with van der Waals surface area (Å²) in [7, 11) is -3.81. The molecule has 1 saturated carbocycles. The van der Waals surface area contributed by atoms with Gasteiger partial charge in [0.15, 0.2) is 5.78 Å². The van der Waals surface area contributed by atoms with Gasteiger partial charge in [-0.2, -0.15) is 4.31 Å². The number of Topliss-reactive ketones (excluding diaryl/α,β-unsaturated/α-hetero) is 1. The molecule has 0 spiro atoms. The maximum absolute atomic E-state index is 14.1. The highest BCUT2D eigenvalue weighted by Gasteiger charge is 2.56. The number of fused-ring (bicyclic) bond motifs is 2. The summed E-state index contributed by atoms with van der Waals surface area (Å²) in [6, 6.07) is 7.49. The molecule has 3 aromatic heterocycles. The van der Waals surface area contributed by atoms with Crippen molar-refractivity contribution in [2.75, 3.05) is 13.1 Å². The van der Waals surface area contributed by atoms with Crippen LogP contribution in [-0.4, -0.2) is 70.9 Å². The highest BCUT2D eigenvalue weighted by Crippen LogP contribution is 2.38. The Balaban J connectivity index is 1.23. The van der Waals surface area contributed by atoms with Gasteiger partial charge in [0.1, 0.15) is 17.3 Å². The van der Waals surface area contributed by atoms with Gasteiger partial charge in [0.05, 0.1) is 23.2 Å². The molecule has 38 heavy (non-hydrogen) atoms. The first kappa shape index (κ1) is 25.6. The second kappa shape index (κ2) is 9.82. The van der Waals surface area contributed by atoms with Crippen LogP contribution >= 0.6 is 22.7 Å². The summed E-state index contributed by atoms with van der Waals surface area (Å²) in [5.41, 5.74) is -0.686. The van der Waals surface area contributed by atoms with Gasteiger partial charge in [0.25, 0.3) is 5.91 Å². The van der Waals surface area contributed by atoms with Gasteiger partial charge >= 0.3 is 0 Å². The first-order chi connectivity index (χ1) is 18.3. The van der Waals surface area contributed by atoms with Crippen LogP contribution in [0.5, 0.6) is 0 Å². The van der Waals surface area contributed by atoms with E-state index in [1.807, 2.05) is 17.5 Å². The Kier molecular flexibility index (Phi) is 6.61. The summed E-state index contributed by atoms with van der Waals surface area (Å²) in [6.45, 7) is 0.0292. The number of carbonyl (C=O) groups excluding carboxylic acids is 3. The average Bonchev–Trinajstić information content (AvgIpc) is 3.67. The molecule has 5 heterocycles. The summed E-state index contributed by atoms with van der Waals surface area (Å²) in [4.78, 5) is 46.9. The van der Waals surface area contributed by atoms with Crippen LogP contribution in [0.25, 0.3) is 9.40 Å². The number of sulfonamides is 1. The molecule has 3 aromatic rings. The van der Waals surface area contributed by atoms with E-state index in [0.717, 1.165) is 28.7 Å². The Morgan fingerprint density at radius 3 is 2.68 bits per heavy atom. The van der Waals surface area contributed by atoms with Crippen molar-refractivity contribution in [3.63, 3.8) is 0 Å². The van der Waals surface area contributed by atoms with Gasteiger partial charge in [-0.25, -0.2) is 8.42 Å². The normalized spacial score (nSPS) is 23.6. The van der Waals surface area contributed by atoms with E-state index in [0.29, 0.717) is 29.8 Å². The summed E-state index contributed by atoms with van der Waals surface area (Å²) < 4.78 is 29.9. The lowest BCUT2D eigenvalue weighted by Gasteiger charge is -2.40. The summed E-state index contributed by atoms with van der Waals surface area (Å²) >= 11 is 2.97. The van der Waals surface area contributed by atoms with Gasteiger partial charge in [-0.15, -0.1) is 22.7 Å². The van der Waals surface area contributed by atoms with Crippen LogP contribution in [0.4, 0.5) is 0 Å². The van der Waals surface area contributed by atoms with Crippen LogP contribution in [-0.2, 0) is 25.4 Å². The Bertz CT molecular complexity index is 1460. The highest BCUT2D eigenvalue weighted by atomic mass is 32.2. The van der Waals surface area contributed by atoms with E-state index < -0.39 is 27.6 Å². The molecule has 2 aliphatic heterocycles. The number of rotatable bonds is 6. The molecule has 200 valence electrons. The standard InChI is InChI=1S/C26H28N4O5S3/c31-19-15-30(38(34,35)16-17-6-2-5-11-27-17)18-7-12-29(23(18)19)25(33)26(9-3-1-4-10-26)28-24(32)22-14-21-20(37-22)8-13-36-21/h2,5-6,8,11,13-14,18,23H,1,3-4,7,9-10,12,15-16H2,(H,28,32). The third-order valence-electron chi connectivity index (χ3n) is 7.88. The number of ketones is 1. The molecule has 3 aliphatic rings. The SMILES string of the molecule is O=C(NC1(C(=O)N2CCC3C2C(=O)CN3S(=O)(=O)Cc2ccccn2)CCCCC1)c1cc2sccc2s1. The zero-order chi connectivity index (χ0) is 26.5. The molecular weight excluding hydrogens is 545 g/mol. The highest BCUT2D eigenvalue weighted by molar-refractivity contribution is 7.88. The van der Waals surface area contributed by atoms with Crippen molar-refractivity contribution >= 4 is 59.7 Å². The molecule has 12 heteroatoms. The van der Waals surface area contributed by atoms with Crippen molar-refractivity contribution in [2.45, 2.75) is 61.9 Å². The van der Waals surface area contributed by atoms with E-state index in [1.165, 1.54) is 21.8 Å². The van der Waals surface area contributed by atoms with Crippen molar-refractivity contribution in [1.82, 2.24) is 19.5 Å². The fourth-order valence-electron chi connectivity index (χ4n) is 6.10. The largest absolute Gasteiger partial charge is 0.337 e. The molecule has 0 bridgehead atoms. The van der Waals surface area contributed by atoms with Crippen molar-refractivity contribution in [1.29, 1.82) is 0 Å². The smallest absolute Gasteiger partial charge is 0.262 e. The predicted octanol–water partition coefficient (Wildman–Crippen LogP) is 3.17. The number of nitrogens with zero attached hydrogens (tertiary/aromatic N) is 3. The lowest BCUT2D eigenvalue weighted by molar-refractivity contribution is -0.143. The molecular formula is C26H28N4O5S3. The summed E-state index contributed by atoms with van der Waals surface area (Å²) in [5.74, 6) is -1.12. The quantitative estimate of drug-likeness (QED) is 0.485. The molecule has 1 aliphatic carbocycles. The van der Waals surface area contributed by atoms with E-state index in [9.17, 15) is 22.8 Å². The third-order valence-corrected chi connectivity index (χ3v) is 11.8. The molecule has 1 N–H and O–H groups in total. The fraction of sp³-hybridized carbons (Fsp3) is 0.462. The van der Waals surface area contributed by atoms with Gasteiger partial charge in [0.2, 0.25) is 15.9 Å². The number of pyridine rings is 1. The third kappa shape index (κ3) is 4.47. The molecule has 3 fully saturated rings. The van der Waals surface area contributed by atoms with Gasteiger partial charge in [-0.1, -0.05) is 25.3 Å². The zero-order valence-corrected chi connectivity index (χ0v) is 23.1. The summed E-state index contributed by atoms with van der Waals surface area (Å²) in [6.07, 6.45) is 5.50.